The third-order valence-corrected chi connectivity index (χ3v) is 5.33. The molecule has 2 unspecified atom stereocenters. The van der Waals surface area contributed by atoms with Gasteiger partial charge in [0.1, 0.15) is 11.8 Å². The lowest BCUT2D eigenvalue weighted by Crippen LogP contribution is -2.49. The second-order valence-corrected chi connectivity index (χ2v) is 6.95. The standard InChI is InChI=1S/C20H24N4O2/c1-26-14-7-4-6-13(9-14)16-11-18(24-23-16)20(25)22-17-10-12-5-2-3-8-15(12)19(17)21/h2-9,16-19,23-24H,10-11,21H2,1H3,(H,22,25)/t16?,17-,18?,19-/m0/s1. The molecule has 1 saturated heterocycles. The van der Waals surface area contributed by atoms with Gasteiger partial charge in [0.25, 0.3) is 0 Å². The number of ether oxygens (including phenoxy) is 1. The molecule has 2 aliphatic rings. The predicted octanol–water partition coefficient (Wildman–Crippen LogP) is 1.34. The molecule has 1 heterocycles. The molecule has 0 saturated carbocycles. The number of hydrogen-bond acceptors (Lipinski definition) is 5. The summed E-state index contributed by atoms with van der Waals surface area (Å²) < 4.78 is 5.28. The molecule has 5 N–H and O–H groups in total. The fourth-order valence-corrected chi connectivity index (χ4v) is 3.86. The van der Waals surface area contributed by atoms with Crippen LogP contribution in [0.2, 0.25) is 0 Å². The SMILES string of the molecule is COc1cccc(C2CC(C(=O)N[C@H]3Cc4ccccc4[C@@H]3N)NN2)c1. The average molecular weight is 352 g/mol. The Kier molecular flexibility index (Phi) is 4.63. The molecule has 2 aromatic rings. The predicted molar refractivity (Wildman–Crippen MR) is 99.4 cm³/mol. The fraction of sp³-hybridized carbons (Fsp3) is 0.350. The van der Waals surface area contributed by atoms with Gasteiger partial charge in [-0.25, -0.2) is 10.9 Å². The number of nitrogens with two attached hydrogens (primary N) is 1. The molecule has 2 aromatic carbocycles. The molecule has 0 spiro atoms. The Balaban J connectivity index is 1.38. The van der Waals surface area contributed by atoms with E-state index in [0.717, 1.165) is 23.3 Å². The maximum Gasteiger partial charge on any atom is 0.238 e. The highest BCUT2D eigenvalue weighted by Gasteiger charge is 2.35. The van der Waals surface area contributed by atoms with Gasteiger partial charge in [-0.3, -0.25) is 4.79 Å². The van der Waals surface area contributed by atoms with E-state index in [1.807, 2.05) is 42.5 Å². The third kappa shape index (κ3) is 3.19. The molecule has 6 heteroatoms. The number of nitrogens with one attached hydrogen (secondary N) is 3. The van der Waals surface area contributed by atoms with Crippen molar-refractivity contribution < 1.29 is 9.53 Å². The minimum Gasteiger partial charge on any atom is -0.497 e. The van der Waals surface area contributed by atoms with Crippen LogP contribution in [0, 0.1) is 0 Å². The van der Waals surface area contributed by atoms with E-state index in [4.69, 9.17) is 10.5 Å². The van der Waals surface area contributed by atoms with Crippen molar-refractivity contribution in [3.05, 3.63) is 65.2 Å². The van der Waals surface area contributed by atoms with Crippen LogP contribution < -0.4 is 26.6 Å². The first-order valence-corrected chi connectivity index (χ1v) is 8.94. The van der Waals surface area contributed by atoms with Crippen molar-refractivity contribution in [3.8, 4) is 5.75 Å². The number of rotatable bonds is 4. The molecule has 0 radical (unpaired) electrons. The summed E-state index contributed by atoms with van der Waals surface area (Å²) >= 11 is 0. The Morgan fingerprint density at radius 3 is 2.85 bits per heavy atom. The van der Waals surface area contributed by atoms with Crippen molar-refractivity contribution in [1.29, 1.82) is 0 Å². The summed E-state index contributed by atoms with van der Waals surface area (Å²) in [7, 11) is 1.65. The summed E-state index contributed by atoms with van der Waals surface area (Å²) in [6, 6.07) is 15.6. The van der Waals surface area contributed by atoms with Crippen LogP contribution in [0.4, 0.5) is 0 Å². The molecule has 0 bridgehead atoms. The van der Waals surface area contributed by atoms with Crippen LogP contribution in [-0.4, -0.2) is 25.1 Å². The molecule has 4 rings (SSSR count). The van der Waals surface area contributed by atoms with Crippen LogP contribution in [-0.2, 0) is 11.2 Å². The van der Waals surface area contributed by atoms with E-state index in [9.17, 15) is 4.79 Å². The van der Waals surface area contributed by atoms with Crippen LogP contribution in [0.3, 0.4) is 0 Å². The number of carbonyl (C=O) groups excluding carboxylic acids is 1. The van der Waals surface area contributed by atoms with Crippen molar-refractivity contribution in [1.82, 2.24) is 16.2 Å². The quantitative estimate of drug-likeness (QED) is 0.667. The number of benzene rings is 2. The number of methoxy groups -OCH3 is 1. The Bertz CT molecular complexity index is 810. The largest absolute Gasteiger partial charge is 0.497 e. The van der Waals surface area contributed by atoms with Gasteiger partial charge in [0.15, 0.2) is 0 Å². The molecule has 1 aliphatic heterocycles. The zero-order chi connectivity index (χ0) is 18.1. The van der Waals surface area contributed by atoms with E-state index >= 15 is 0 Å². The van der Waals surface area contributed by atoms with Crippen molar-refractivity contribution in [2.45, 2.75) is 37.0 Å². The van der Waals surface area contributed by atoms with Crippen LogP contribution in [0.25, 0.3) is 0 Å². The van der Waals surface area contributed by atoms with E-state index in [1.54, 1.807) is 7.11 Å². The van der Waals surface area contributed by atoms with Gasteiger partial charge < -0.3 is 15.8 Å². The van der Waals surface area contributed by atoms with Crippen LogP contribution in [0.15, 0.2) is 48.5 Å². The van der Waals surface area contributed by atoms with Gasteiger partial charge in [-0.15, -0.1) is 0 Å². The van der Waals surface area contributed by atoms with E-state index in [0.29, 0.717) is 6.42 Å². The molecule has 1 aliphatic carbocycles. The molecule has 4 atom stereocenters. The molecule has 136 valence electrons. The molecule has 26 heavy (non-hydrogen) atoms. The topological polar surface area (TPSA) is 88.4 Å². The van der Waals surface area contributed by atoms with E-state index < -0.39 is 0 Å². The number of hydrogen-bond donors (Lipinski definition) is 4. The maximum absolute atomic E-state index is 12.7. The molecule has 0 aromatic heterocycles. The van der Waals surface area contributed by atoms with Gasteiger partial charge in [0.05, 0.1) is 19.2 Å². The van der Waals surface area contributed by atoms with E-state index in [-0.39, 0.29) is 30.1 Å². The fourth-order valence-electron chi connectivity index (χ4n) is 3.86. The maximum atomic E-state index is 12.7. The van der Waals surface area contributed by atoms with Crippen LogP contribution in [0.1, 0.15) is 35.2 Å². The lowest BCUT2D eigenvalue weighted by atomic mass is 10.0. The van der Waals surface area contributed by atoms with Crippen molar-refractivity contribution in [3.63, 3.8) is 0 Å². The lowest BCUT2D eigenvalue weighted by Gasteiger charge is -2.20. The summed E-state index contributed by atoms with van der Waals surface area (Å²) in [4.78, 5) is 12.7. The molecular formula is C20H24N4O2. The van der Waals surface area contributed by atoms with E-state index in [1.165, 1.54) is 5.56 Å². The first-order chi connectivity index (χ1) is 12.7. The minimum atomic E-state index is -0.290. The Labute approximate surface area is 153 Å². The zero-order valence-corrected chi connectivity index (χ0v) is 14.7. The summed E-state index contributed by atoms with van der Waals surface area (Å²) in [5, 5.41) is 3.12. The lowest BCUT2D eigenvalue weighted by molar-refractivity contribution is -0.123. The highest BCUT2D eigenvalue weighted by molar-refractivity contribution is 5.82. The average Bonchev–Trinajstić information content (AvgIpc) is 3.28. The normalized spacial score (nSPS) is 27.2. The Morgan fingerprint density at radius 1 is 1.19 bits per heavy atom. The second kappa shape index (κ2) is 7.07. The molecule has 6 nitrogen and oxygen atoms in total. The number of carbonyl (C=O) groups is 1. The third-order valence-electron chi connectivity index (χ3n) is 5.33. The van der Waals surface area contributed by atoms with E-state index in [2.05, 4.69) is 22.2 Å². The van der Waals surface area contributed by atoms with Gasteiger partial charge in [-0.2, -0.15) is 0 Å². The summed E-state index contributed by atoms with van der Waals surface area (Å²) in [6.07, 6.45) is 1.45. The smallest absolute Gasteiger partial charge is 0.238 e. The van der Waals surface area contributed by atoms with Gasteiger partial charge in [0.2, 0.25) is 5.91 Å². The Morgan fingerprint density at radius 2 is 2.04 bits per heavy atom. The number of hydrazine groups is 1. The highest BCUT2D eigenvalue weighted by Crippen LogP contribution is 2.30. The summed E-state index contributed by atoms with van der Waals surface area (Å²) in [5.74, 6) is 0.794. The molecular weight excluding hydrogens is 328 g/mol. The van der Waals surface area contributed by atoms with Crippen molar-refractivity contribution >= 4 is 5.91 Å². The van der Waals surface area contributed by atoms with Gasteiger partial charge >= 0.3 is 0 Å². The first kappa shape index (κ1) is 17.0. The monoisotopic (exact) mass is 352 g/mol. The molecule has 1 fully saturated rings. The summed E-state index contributed by atoms with van der Waals surface area (Å²) in [5.41, 5.74) is 16.1. The first-order valence-electron chi connectivity index (χ1n) is 8.94. The minimum absolute atomic E-state index is 0.0175. The van der Waals surface area contributed by atoms with Crippen molar-refractivity contribution in [2.75, 3.05) is 7.11 Å². The molecule has 1 amide bonds. The van der Waals surface area contributed by atoms with Crippen molar-refractivity contribution in [2.24, 2.45) is 5.73 Å². The highest BCUT2D eigenvalue weighted by atomic mass is 16.5. The Hall–Kier alpha value is -2.41. The number of fused-ring (bicyclic) bond motifs is 1. The van der Waals surface area contributed by atoms with Crippen LogP contribution in [0.5, 0.6) is 5.75 Å². The van der Waals surface area contributed by atoms with Gasteiger partial charge in [-0.05, 0) is 41.7 Å². The number of amides is 1. The van der Waals surface area contributed by atoms with Gasteiger partial charge in [-0.1, -0.05) is 36.4 Å². The van der Waals surface area contributed by atoms with Gasteiger partial charge in [0, 0.05) is 6.04 Å². The van der Waals surface area contributed by atoms with Crippen LogP contribution >= 0.6 is 0 Å². The zero-order valence-electron chi connectivity index (χ0n) is 14.7. The second-order valence-electron chi connectivity index (χ2n) is 6.95. The summed E-state index contributed by atoms with van der Waals surface area (Å²) in [6.45, 7) is 0.